The largest absolute Gasteiger partial charge is 0.260 e. The van der Waals surface area contributed by atoms with Crippen LogP contribution in [0.5, 0.6) is 0 Å². The van der Waals surface area contributed by atoms with Crippen molar-refractivity contribution in [2.24, 2.45) is 10.9 Å². The van der Waals surface area contributed by atoms with Crippen LogP contribution in [0.4, 0.5) is 0 Å². The Hall–Kier alpha value is -1.37. The van der Waals surface area contributed by atoms with E-state index in [0.29, 0.717) is 5.92 Å². The summed E-state index contributed by atoms with van der Waals surface area (Å²) in [5.74, 6) is 0.576. The Morgan fingerprint density at radius 3 is 2.13 bits per heavy atom. The molecular formula is C22H37N. The third-order valence-electron chi connectivity index (χ3n) is 4.03. The van der Waals surface area contributed by atoms with Crippen molar-refractivity contribution in [1.29, 1.82) is 0 Å². The van der Waals surface area contributed by atoms with Gasteiger partial charge in [0.15, 0.2) is 0 Å². The highest BCUT2D eigenvalue weighted by Crippen LogP contribution is 2.24. The van der Waals surface area contributed by atoms with Crippen LogP contribution in [0.2, 0.25) is 0 Å². The van der Waals surface area contributed by atoms with E-state index in [1.165, 1.54) is 30.4 Å². The van der Waals surface area contributed by atoms with Gasteiger partial charge in [-0.3, -0.25) is 4.99 Å². The molecule has 0 aromatic heterocycles. The van der Waals surface area contributed by atoms with Gasteiger partial charge in [0.1, 0.15) is 0 Å². The van der Waals surface area contributed by atoms with Gasteiger partial charge in [-0.2, -0.15) is 0 Å². The van der Waals surface area contributed by atoms with Gasteiger partial charge in [0.05, 0.1) is 0 Å². The monoisotopic (exact) mass is 315 g/mol. The van der Waals surface area contributed by atoms with Gasteiger partial charge >= 0.3 is 0 Å². The van der Waals surface area contributed by atoms with Crippen molar-refractivity contribution >= 4 is 6.21 Å². The van der Waals surface area contributed by atoms with E-state index < -0.39 is 0 Å². The molecule has 0 saturated carbocycles. The highest BCUT2D eigenvalue weighted by atomic mass is 14.7. The van der Waals surface area contributed by atoms with Crippen LogP contribution in [0, 0.1) is 5.92 Å². The summed E-state index contributed by atoms with van der Waals surface area (Å²) in [6.07, 6.45) is 9.71. The number of allylic oxidation sites excluding steroid dienone is 5. The number of hydrogen-bond donors (Lipinski definition) is 0. The number of nitrogens with zero attached hydrogens (tertiary/aromatic N) is 1. The van der Waals surface area contributed by atoms with E-state index in [-0.39, 0.29) is 0 Å². The van der Waals surface area contributed by atoms with Crippen molar-refractivity contribution in [3.63, 3.8) is 0 Å². The molecule has 0 aliphatic carbocycles. The molecule has 0 fully saturated rings. The highest BCUT2D eigenvalue weighted by molar-refractivity contribution is 5.84. The molecule has 0 aromatic carbocycles. The molecular weight excluding hydrogens is 278 g/mol. The Morgan fingerprint density at radius 1 is 0.957 bits per heavy atom. The van der Waals surface area contributed by atoms with Crippen LogP contribution in [-0.2, 0) is 0 Å². The minimum Gasteiger partial charge on any atom is -0.260 e. The lowest BCUT2D eigenvalue weighted by molar-refractivity contribution is 0.634. The van der Waals surface area contributed by atoms with Crippen LogP contribution in [0.25, 0.3) is 0 Å². The fourth-order valence-corrected chi connectivity index (χ4v) is 2.38. The summed E-state index contributed by atoms with van der Waals surface area (Å²) >= 11 is 0. The number of unbranched alkanes of at least 4 members (excludes halogenated alkanes) is 2. The molecule has 0 bridgehead atoms. The molecule has 0 atom stereocenters. The van der Waals surface area contributed by atoms with E-state index >= 15 is 0 Å². The molecule has 0 unspecified atom stereocenters. The van der Waals surface area contributed by atoms with Crippen LogP contribution in [0.15, 0.2) is 52.7 Å². The fraction of sp³-hybridized carbons (Fsp3) is 0.591. The molecule has 0 spiro atoms. The number of hydrogen-bond acceptors (Lipinski definition) is 1. The van der Waals surface area contributed by atoms with Gasteiger partial charge in [0.25, 0.3) is 0 Å². The van der Waals surface area contributed by atoms with Gasteiger partial charge in [0.2, 0.25) is 0 Å². The van der Waals surface area contributed by atoms with Crippen molar-refractivity contribution < 1.29 is 0 Å². The summed E-state index contributed by atoms with van der Waals surface area (Å²) in [5.41, 5.74) is 5.64. The molecule has 0 N–H and O–H groups in total. The second kappa shape index (κ2) is 12.1. The third kappa shape index (κ3) is 9.38. The average molecular weight is 316 g/mol. The van der Waals surface area contributed by atoms with Crippen LogP contribution < -0.4 is 0 Å². The first-order valence-electron chi connectivity index (χ1n) is 9.12. The maximum absolute atomic E-state index is 4.75. The van der Waals surface area contributed by atoms with Gasteiger partial charge in [-0.25, -0.2) is 0 Å². The summed E-state index contributed by atoms with van der Waals surface area (Å²) in [5, 5.41) is 0. The molecule has 1 nitrogen and oxygen atoms in total. The maximum Gasteiger partial charge on any atom is 0.0438 e. The zero-order valence-corrected chi connectivity index (χ0v) is 16.2. The second-order valence-corrected chi connectivity index (χ2v) is 6.87. The molecule has 130 valence electrons. The molecule has 0 amide bonds. The van der Waals surface area contributed by atoms with Crippen LogP contribution in [-0.4, -0.2) is 6.21 Å². The van der Waals surface area contributed by atoms with Crippen LogP contribution in [0.1, 0.15) is 79.6 Å². The topological polar surface area (TPSA) is 12.4 Å². The summed E-state index contributed by atoms with van der Waals surface area (Å²) in [7, 11) is 0. The van der Waals surface area contributed by atoms with Crippen molar-refractivity contribution in [1.82, 2.24) is 0 Å². The quantitative estimate of drug-likeness (QED) is 0.202. The molecule has 0 aromatic rings. The zero-order valence-electron chi connectivity index (χ0n) is 16.2. The van der Waals surface area contributed by atoms with Crippen molar-refractivity contribution in [3.8, 4) is 0 Å². The molecule has 0 aliphatic heterocycles. The molecule has 23 heavy (non-hydrogen) atoms. The predicted molar refractivity (Wildman–Crippen MR) is 107 cm³/mol. The van der Waals surface area contributed by atoms with Crippen molar-refractivity contribution in [3.05, 3.63) is 47.7 Å². The molecule has 0 radical (unpaired) electrons. The van der Waals surface area contributed by atoms with Crippen molar-refractivity contribution in [2.45, 2.75) is 79.6 Å². The second-order valence-electron chi connectivity index (χ2n) is 6.87. The molecule has 0 heterocycles. The SMILES string of the molecule is C=C(C=N/C(CC(C)C)=C(\C)C(=C)CCC)C(=C)CCCCC. The Kier molecular flexibility index (Phi) is 11.4. The lowest BCUT2D eigenvalue weighted by Gasteiger charge is -2.13. The van der Waals surface area contributed by atoms with E-state index in [2.05, 4.69) is 54.4 Å². The Bertz CT molecular complexity index is 460. The normalized spacial score (nSPS) is 12.6. The molecule has 0 rings (SSSR count). The third-order valence-corrected chi connectivity index (χ3v) is 4.03. The smallest absolute Gasteiger partial charge is 0.0438 e. The number of aliphatic imine (C=N–C) groups is 1. The van der Waals surface area contributed by atoms with Gasteiger partial charge in [0, 0.05) is 11.9 Å². The molecule has 1 heteroatoms. The summed E-state index contributed by atoms with van der Waals surface area (Å²) in [4.78, 5) is 4.75. The lowest BCUT2D eigenvalue weighted by Crippen LogP contribution is -1.97. The predicted octanol–water partition coefficient (Wildman–Crippen LogP) is 7.43. The van der Waals surface area contributed by atoms with E-state index in [0.717, 1.165) is 42.5 Å². The summed E-state index contributed by atoms with van der Waals surface area (Å²) in [6, 6.07) is 0. The summed E-state index contributed by atoms with van der Waals surface area (Å²) in [6.45, 7) is 23.5. The van der Waals surface area contributed by atoms with Crippen LogP contribution in [0.3, 0.4) is 0 Å². The van der Waals surface area contributed by atoms with Gasteiger partial charge < -0.3 is 0 Å². The minimum atomic E-state index is 0.576. The first-order chi connectivity index (χ1) is 10.8. The van der Waals surface area contributed by atoms with Gasteiger partial charge in [-0.15, -0.1) is 0 Å². The van der Waals surface area contributed by atoms with Gasteiger partial charge in [-0.05, 0) is 55.2 Å². The average Bonchev–Trinajstić information content (AvgIpc) is 2.50. The van der Waals surface area contributed by atoms with Gasteiger partial charge in [-0.1, -0.05) is 72.3 Å². The first-order valence-corrected chi connectivity index (χ1v) is 9.12. The zero-order chi connectivity index (χ0) is 17.8. The maximum atomic E-state index is 4.75. The van der Waals surface area contributed by atoms with E-state index in [4.69, 9.17) is 4.99 Å². The minimum absolute atomic E-state index is 0.576. The highest BCUT2D eigenvalue weighted by Gasteiger charge is 2.07. The first kappa shape index (κ1) is 21.6. The standard InChI is InChI=1S/C22H37N/c1-9-11-12-14-18(5)20(7)16-23-22(15-17(3)4)21(8)19(6)13-10-2/h16-17H,5-7,9-15H2,1-4,8H3/b22-21+,23-16?. The Labute approximate surface area is 145 Å². The van der Waals surface area contributed by atoms with Crippen molar-refractivity contribution in [2.75, 3.05) is 0 Å². The van der Waals surface area contributed by atoms with E-state index in [1.807, 2.05) is 6.21 Å². The lowest BCUT2D eigenvalue weighted by atomic mass is 9.98. The molecule has 0 aliphatic rings. The molecule has 0 saturated heterocycles. The number of rotatable bonds is 12. The Balaban J connectivity index is 5.01. The van der Waals surface area contributed by atoms with E-state index in [1.54, 1.807) is 0 Å². The fourth-order valence-electron chi connectivity index (χ4n) is 2.38. The van der Waals surface area contributed by atoms with Crippen LogP contribution >= 0.6 is 0 Å². The van der Waals surface area contributed by atoms with E-state index in [9.17, 15) is 0 Å². The Morgan fingerprint density at radius 2 is 1.61 bits per heavy atom. The summed E-state index contributed by atoms with van der Waals surface area (Å²) < 4.78 is 0.